The number of anilines is 2. The van der Waals surface area contributed by atoms with Gasteiger partial charge in [-0.3, -0.25) is 9.59 Å². The number of nitrogens with zero attached hydrogens (tertiary/aromatic N) is 1. The minimum Gasteiger partial charge on any atom is -0.481 e. The van der Waals surface area contributed by atoms with Gasteiger partial charge in [0.15, 0.2) is 0 Å². The normalized spacial score (nSPS) is 14.0. The highest BCUT2D eigenvalue weighted by Gasteiger charge is 2.20. The first-order valence-electron chi connectivity index (χ1n) is 8.47. The topological polar surface area (TPSA) is 69.6 Å². The summed E-state index contributed by atoms with van der Waals surface area (Å²) >= 11 is 0. The third kappa shape index (κ3) is 4.18. The Kier molecular flexibility index (Phi) is 5.03. The van der Waals surface area contributed by atoms with Crippen LogP contribution in [0.2, 0.25) is 0 Å². The summed E-state index contributed by atoms with van der Waals surface area (Å²) in [5.41, 5.74) is 4.09. The number of rotatable bonds is 6. The first-order valence-corrected chi connectivity index (χ1v) is 8.47. The van der Waals surface area contributed by atoms with Crippen LogP contribution in [0.4, 0.5) is 11.4 Å². The van der Waals surface area contributed by atoms with Crippen LogP contribution in [0.5, 0.6) is 0 Å². The average molecular weight is 338 g/mol. The van der Waals surface area contributed by atoms with Crippen LogP contribution < -0.4 is 10.2 Å². The second-order valence-corrected chi connectivity index (χ2v) is 6.49. The number of fused-ring (bicyclic) bond motifs is 1. The highest BCUT2D eigenvalue weighted by molar-refractivity contribution is 5.94. The summed E-state index contributed by atoms with van der Waals surface area (Å²) in [6.07, 6.45) is 1.45. The molecule has 0 aromatic heterocycles. The second kappa shape index (κ2) is 7.38. The molecule has 3 rings (SSSR count). The van der Waals surface area contributed by atoms with E-state index in [0.29, 0.717) is 13.0 Å². The zero-order valence-electron chi connectivity index (χ0n) is 14.2. The maximum atomic E-state index is 12.3. The predicted octanol–water partition coefficient (Wildman–Crippen LogP) is 2.95. The molecule has 1 aliphatic rings. The molecule has 5 nitrogen and oxygen atoms in total. The van der Waals surface area contributed by atoms with Gasteiger partial charge in [0.2, 0.25) is 5.91 Å². The largest absolute Gasteiger partial charge is 0.481 e. The number of carbonyl (C=O) groups excluding carboxylic acids is 1. The molecule has 0 saturated carbocycles. The molecule has 1 amide bonds. The molecular weight excluding hydrogens is 316 g/mol. The smallest absolute Gasteiger partial charge is 0.306 e. The Hall–Kier alpha value is -2.82. The minimum atomic E-state index is -0.803. The lowest BCUT2D eigenvalue weighted by atomic mass is 10.0. The molecule has 2 N–H and O–H groups in total. The van der Waals surface area contributed by atoms with E-state index in [-0.39, 0.29) is 5.91 Å². The summed E-state index contributed by atoms with van der Waals surface area (Å²) in [7, 11) is 0. The third-order valence-electron chi connectivity index (χ3n) is 4.52. The van der Waals surface area contributed by atoms with Crippen LogP contribution in [0.1, 0.15) is 18.1 Å². The van der Waals surface area contributed by atoms with Gasteiger partial charge in [-0.15, -0.1) is 0 Å². The van der Waals surface area contributed by atoms with Gasteiger partial charge in [0, 0.05) is 17.9 Å². The van der Waals surface area contributed by atoms with Gasteiger partial charge in [-0.1, -0.05) is 37.3 Å². The predicted molar refractivity (Wildman–Crippen MR) is 97.9 cm³/mol. The number of hydrogen-bond acceptors (Lipinski definition) is 3. The Labute approximate surface area is 147 Å². The number of hydrogen-bond donors (Lipinski definition) is 2. The van der Waals surface area contributed by atoms with Gasteiger partial charge >= 0.3 is 5.97 Å². The first-order chi connectivity index (χ1) is 12.0. The molecule has 0 radical (unpaired) electrons. The van der Waals surface area contributed by atoms with Crippen molar-refractivity contribution in [2.45, 2.75) is 19.8 Å². The van der Waals surface area contributed by atoms with Crippen molar-refractivity contribution in [3.05, 3.63) is 59.7 Å². The van der Waals surface area contributed by atoms with E-state index >= 15 is 0 Å². The van der Waals surface area contributed by atoms with Crippen LogP contribution in [0, 0.1) is 5.92 Å². The minimum absolute atomic E-state index is 0.0524. The van der Waals surface area contributed by atoms with E-state index < -0.39 is 11.9 Å². The van der Waals surface area contributed by atoms with Crippen LogP contribution in [-0.2, 0) is 22.4 Å². The van der Waals surface area contributed by atoms with Gasteiger partial charge in [0.25, 0.3) is 0 Å². The van der Waals surface area contributed by atoms with Gasteiger partial charge in [-0.05, 0) is 42.2 Å². The Balaban J connectivity index is 1.56. The number of aliphatic carboxylic acids is 1. The second-order valence-electron chi connectivity index (χ2n) is 6.49. The SMILES string of the molecule is CC(Cc1ccc(NC(=O)CN2CCc3ccccc32)cc1)C(=O)O. The zero-order chi connectivity index (χ0) is 17.8. The van der Waals surface area contributed by atoms with Crippen molar-refractivity contribution < 1.29 is 14.7 Å². The Morgan fingerprint density at radius 1 is 1.16 bits per heavy atom. The Bertz CT molecular complexity index is 771. The number of para-hydroxylation sites is 1. The van der Waals surface area contributed by atoms with Crippen LogP contribution >= 0.6 is 0 Å². The number of carboxylic acids is 1. The summed E-state index contributed by atoms with van der Waals surface area (Å²) in [5, 5.41) is 11.9. The molecule has 2 aromatic rings. The first kappa shape index (κ1) is 17.0. The van der Waals surface area contributed by atoms with Crippen molar-refractivity contribution in [2.75, 3.05) is 23.3 Å². The quantitative estimate of drug-likeness (QED) is 0.850. The van der Waals surface area contributed by atoms with Crippen molar-refractivity contribution in [3.63, 3.8) is 0 Å². The molecular formula is C20H22N2O3. The van der Waals surface area contributed by atoms with Gasteiger partial charge in [0.05, 0.1) is 12.5 Å². The summed E-state index contributed by atoms with van der Waals surface area (Å²) < 4.78 is 0. The fourth-order valence-electron chi connectivity index (χ4n) is 3.11. The number of amides is 1. The number of carboxylic acid groups (broad SMARTS) is 1. The molecule has 0 fully saturated rings. The lowest BCUT2D eigenvalue weighted by Gasteiger charge is -2.18. The molecule has 0 aliphatic carbocycles. The molecule has 5 heteroatoms. The molecule has 0 saturated heterocycles. The van der Waals surface area contributed by atoms with Gasteiger partial charge in [-0.25, -0.2) is 0 Å². The van der Waals surface area contributed by atoms with Crippen LogP contribution in [0.25, 0.3) is 0 Å². The maximum absolute atomic E-state index is 12.3. The zero-order valence-corrected chi connectivity index (χ0v) is 14.2. The van der Waals surface area contributed by atoms with Crippen LogP contribution in [0.3, 0.4) is 0 Å². The number of nitrogens with one attached hydrogen (secondary N) is 1. The lowest BCUT2D eigenvalue weighted by Crippen LogP contribution is -2.31. The third-order valence-corrected chi connectivity index (χ3v) is 4.52. The summed E-state index contributed by atoms with van der Waals surface area (Å²) in [6, 6.07) is 15.5. The Morgan fingerprint density at radius 2 is 1.88 bits per heavy atom. The number of carbonyl (C=O) groups is 2. The van der Waals surface area contributed by atoms with E-state index in [1.165, 1.54) is 5.56 Å². The van der Waals surface area contributed by atoms with Gasteiger partial charge in [-0.2, -0.15) is 0 Å². The molecule has 0 spiro atoms. The molecule has 1 atom stereocenters. The summed E-state index contributed by atoms with van der Waals surface area (Å²) in [5.74, 6) is -1.28. The highest BCUT2D eigenvalue weighted by atomic mass is 16.4. The van der Waals surface area contributed by atoms with E-state index in [0.717, 1.165) is 29.9 Å². The fraction of sp³-hybridized carbons (Fsp3) is 0.300. The molecule has 1 aliphatic heterocycles. The molecule has 1 unspecified atom stereocenters. The van der Waals surface area contributed by atoms with Crippen molar-refractivity contribution in [1.82, 2.24) is 0 Å². The standard InChI is InChI=1S/C20H22N2O3/c1-14(20(24)25)12-15-6-8-17(9-7-15)21-19(23)13-22-11-10-16-4-2-3-5-18(16)22/h2-9,14H,10-13H2,1H3,(H,21,23)(H,24,25). The summed E-state index contributed by atoms with van der Waals surface area (Å²) in [6.45, 7) is 2.87. The van der Waals surface area contributed by atoms with Crippen LogP contribution in [-0.4, -0.2) is 30.1 Å². The molecule has 1 heterocycles. The molecule has 2 aromatic carbocycles. The molecule has 130 valence electrons. The van der Waals surface area contributed by atoms with E-state index in [4.69, 9.17) is 5.11 Å². The van der Waals surface area contributed by atoms with Crippen molar-refractivity contribution in [2.24, 2.45) is 5.92 Å². The van der Waals surface area contributed by atoms with E-state index in [9.17, 15) is 9.59 Å². The highest BCUT2D eigenvalue weighted by Crippen LogP contribution is 2.27. The van der Waals surface area contributed by atoms with Gasteiger partial charge < -0.3 is 15.3 Å². The van der Waals surface area contributed by atoms with E-state index in [2.05, 4.69) is 16.3 Å². The fourth-order valence-corrected chi connectivity index (χ4v) is 3.11. The van der Waals surface area contributed by atoms with Crippen molar-refractivity contribution in [1.29, 1.82) is 0 Å². The monoisotopic (exact) mass is 338 g/mol. The van der Waals surface area contributed by atoms with E-state index in [1.807, 2.05) is 42.5 Å². The van der Waals surface area contributed by atoms with Crippen LogP contribution in [0.15, 0.2) is 48.5 Å². The maximum Gasteiger partial charge on any atom is 0.306 e. The molecule has 0 bridgehead atoms. The van der Waals surface area contributed by atoms with Crippen molar-refractivity contribution >= 4 is 23.3 Å². The van der Waals surface area contributed by atoms with Crippen molar-refractivity contribution in [3.8, 4) is 0 Å². The number of benzene rings is 2. The average Bonchev–Trinajstić information content (AvgIpc) is 2.99. The summed E-state index contributed by atoms with van der Waals surface area (Å²) in [4.78, 5) is 25.3. The molecule has 25 heavy (non-hydrogen) atoms. The van der Waals surface area contributed by atoms with E-state index in [1.54, 1.807) is 6.92 Å². The van der Waals surface area contributed by atoms with Gasteiger partial charge in [0.1, 0.15) is 0 Å². The Morgan fingerprint density at radius 3 is 2.60 bits per heavy atom. The lowest BCUT2D eigenvalue weighted by molar-refractivity contribution is -0.141.